The Morgan fingerprint density at radius 1 is 1.53 bits per heavy atom. The Labute approximate surface area is 93.8 Å². The molecule has 0 N–H and O–H groups in total. The number of rotatable bonds is 2. The van der Waals surface area contributed by atoms with Gasteiger partial charge in [-0.2, -0.15) is 5.10 Å². The first kappa shape index (κ1) is 10.5. The Hall–Kier alpha value is -1.03. The third-order valence-electron chi connectivity index (χ3n) is 2.64. The summed E-state index contributed by atoms with van der Waals surface area (Å²) in [5.41, 5.74) is 0.389. The minimum absolute atomic E-state index is 0.0373. The number of hydrogen-bond donors (Lipinski definition) is 0. The summed E-state index contributed by atoms with van der Waals surface area (Å²) in [5, 5.41) is 4.62. The van der Waals surface area contributed by atoms with Crippen LogP contribution in [0.15, 0.2) is 6.20 Å². The van der Waals surface area contributed by atoms with E-state index < -0.39 is 0 Å². The number of hydrogen-bond acceptors (Lipinski definition) is 2. The Bertz CT molecular complexity index is 369. The lowest BCUT2D eigenvalue weighted by molar-refractivity contribution is 0.0786. The molecule has 1 aromatic rings. The average Bonchev–Trinajstić information content (AvgIpc) is 2.85. The monoisotopic (exact) mass is 227 g/mol. The van der Waals surface area contributed by atoms with Crippen molar-refractivity contribution in [2.24, 2.45) is 0 Å². The number of carbonyl (C=O) groups excluding carboxylic acids is 1. The topological polar surface area (TPSA) is 38.1 Å². The lowest BCUT2D eigenvalue weighted by Gasteiger charge is -2.13. The summed E-state index contributed by atoms with van der Waals surface area (Å²) in [6, 6.07) is 0. The second kappa shape index (κ2) is 4.23. The number of halogens is 1. The maximum Gasteiger partial charge on any atom is 0.275 e. The molecule has 1 aliphatic heterocycles. The molecule has 0 saturated carbocycles. The minimum atomic E-state index is -0.0373. The molecule has 1 amide bonds. The molecule has 5 heteroatoms. The number of nitrogens with zero attached hydrogens (tertiary/aromatic N) is 3. The van der Waals surface area contributed by atoms with Crippen molar-refractivity contribution in [3.8, 4) is 0 Å². The van der Waals surface area contributed by atoms with Gasteiger partial charge in [-0.05, 0) is 19.8 Å². The fourth-order valence-corrected chi connectivity index (χ4v) is 2.01. The summed E-state index contributed by atoms with van der Waals surface area (Å²) in [7, 11) is 0. The lowest BCUT2D eigenvalue weighted by atomic mass is 10.4. The summed E-state index contributed by atoms with van der Waals surface area (Å²) in [5.74, 6) is -0.0373. The molecule has 1 aliphatic rings. The molecule has 0 aromatic carbocycles. The first-order chi connectivity index (χ1) is 7.22. The average molecular weight is 228 g/mol. The zero-order valence-electron chi connectivity index (χ0n) is 8.74. The van der Waals surface area contributed by atoms with Gasteiger partial charge in [-0.3, -0.25) is 9.48 Å². The molecule has 1 saturated heterocycles. The standard InChI is InChI=1S/C10H14ClN3O/c1-2-14-7-8(11)9(12-14)10(15)13-5-3-4-6-13/h7H,2-6H2,1H3. The van der Waals surface area contributed by atoms with Crippen molar-refractivity contribution in [2.45, 2.75) is 26.3 Å². The fourth-order valence-electron chi connectivity index (χ4n) is 1.77. The largest absolute Gasteiger partial charge is 0.337 e. The van der Waals surface area contributed by atoms with Crippen molar-refractivity contribution >= 4 is 17.5 Å². The number of amides is 1. The second-order valence-corrected chi connectivity index (χ2v) is 4.09. The summed E-state index contributed by atoms with van der Waals surface area (Å²) in [6.07, 6.45) is 3.86. The van der Waals surface area contributed by atoms with Crippen molar-refractivity contribution < 1.29 is 4.79 Å². The number of carbonyl (C=O) groups is 1. The van der Waals surface area contributed by atoms with Crippen LogP contribution in [0.25, 0.3) is 0 Å². The summed E-state index contributed by atoms with van der Waals surface area (Å²) >= 11 is 5.97. The summed E-state index contributed by atoms with van der Waals surface area (Å²) < 4.78 is 1.69. The van der Waals surface area contributed by atoms with Gasteiger partial charge in [-0.15, -0.1) is 0 Å². The predicted octanol–water partition coefficient (Wildman–Crippen LogP) is 1.79. The highest BCUT2D eigenvalue weighted by molar-refractivity contribution is 6.33. The molecule has 1 fully saturated rings. The maximum absolute atomic E-state index is 12.0. The van der Waals surface area contributed by atoms with Gasteiger partial charge in [0, 0.05) is 25.8 Å². The SMILES string of the molecule is CCn1cc(Cl)c(C(=O)N2CCCC2)n1. The molecular formula is C10H14ClN3O. The maximum atomic E-state index is 12.0. The Kier molecular flexibility index (Phi) is 2.95. The third kappa shape index (κ3) is 2.00. The molecule has 0 atom stereocenters. The summed E-state index contributed by atoms with van der Waals surface area (Å²) in [6.45, 7) is 4.35. The van der Waals surface area contributed by atoms with E-state index in [2.05, 4.69) is 5.10 Å². The Morgan fingerprint density at radius 2 is 2.20 bits per heavy atom. The highest BCUT2D eigenvalue weighted by atomic mass is 35.5. The van der Waals surface area contributed by atoms with Gasteiger partial charge in [0.1, 0.15) is 0 Å². The van der Waals surface area contributed by atoms with E-state index in [-0.39, 0.29) is 5.91 Å². The highest BCUT2D eigenvalue weighted by Crippen LogP contribution is 2.18. The van der Waals surface area contributed by atoms with E-state index in [0.717, 1.165) is 32.5 Å². The molecular weight excluding hydrogens is 214 g/mol. The van der Waals surface area contributed by atoms with Crippen molar-refractivity contribution in [3.63, 3.8) is 0 Å². The molecule has 15 heavy (non-hydrogen) atoms. The predicted molar refractivity (Wildman–Crippen MR) is 58.0 cm³/mol. The van der Waals surface area contributed by atoms with Crippen LogP contribution in [0.5, 0.6) is 0 Å². The molecule has 2 rings (SSSR count). The Balaban J connectivity index is 2.20. The van der Waals surface area contributed by atoms with Crippen molar-refractivity contribution in [1.82, 2.24) is 14.7 Å². The van der Waals surface area contributed by atoms with Gasteiger partial charge in [0.05, 0.1) is 5.02 Å². The smallest absolute Gasteiger partial charge is 0.275 e. The zero-order chi connectivity index (χ0) is 10.8. The van der Waals surface area contributed by atoms with Crippen LogP contribution in [0.2, 0.25) is 5.02 Å². The van der Waals surface area contributed by atoms with E-state index in [9.17, 15) is 4.79 Å². The molecule has 0 unspecified atom stereocenters. The van der Waals surface area contributed by atoms with Crippen molar-refractivity contribution in [1.29, 1.82) is 0 Å². The van der Waals surface area contributed by atoms with Crippen LogP contribution in [0.4, 0.5) is 0 Å². The van der Waals surface area contributed by atoms with Crippen LogP contribution in [0.1, 0.15) is 30.3 Å². The molecule has 0 bridgehead atoms. The van der Waals surface area contributed by atoms with E-state index in [0.29, 0.717) is 10.7 Å². The lowest BCUT2D eigenvalue weighted by Crippen LogP contribution is -2.28. The van der Waals surface area contributed by atoms with Crippen molar-refractivity contribution in [3.05, 3.63) is 16.9 Å². The second-order valence-electron chi connectivity index (χ2n) is 3.68. The molecule has 0 aliphatic carbocycles. The number of likely N-dealkylation sites (tertiary alicyclic amines) is 1. The molecule has 0 radical (unpaired) electrons. The molecule has 0 spiro atoms. The third-order valence-corrected chi connectivity index (χ3v) is 2.91. The number of aromatic nitrogens is 2. The molecule has 82 valence electrons. The van der Waals surface area contributed by atoms with Gasteiger partial charge >= 0.3 is 0 Å². The Morgan fingerprint density at radius 3 is 2.73 bits per heavy atom. The van der Waals surface area contributed by atoms with Crippen molar-refractivity contribution in [2.75, 3.05) is 13.1 Å². The van der Waals surface area contributed by atoms with Gasteiger partial charge in [0.15, 0.2) is 5.69 Å². The normalized spacial score (nSPS) is 16.0. The van der Waals surface area contributed by atoms with Gasteiger partial charge in [-0.1, -0.05) is 11.6 Å². The van der Waals surface area contributed by atoms with Crippen LogP contribution in [-0.2, 0) is 6.54 Å². The number of aryl methyl sites for hydroxylation is 1. The summed E-state index contributed by atoms with van der Waals surface area (Å²) in [4.78, 5) is 13.8. The van der Waals surface area contributed by atoms with E-state index in [1.54, 1.807) is 10.9 Å². The van der Waals surface area contributed by atoms with Gasteiger partial charge in [-0.25, -0.2) is 0 Å². The fraction of sp³-hybridized carbons (Fsp3) is 0.600. The molecule has 4 nitrogen and oxygen atoms in total. The van der Waals surface area contributed by atoms with E-state index in [1.165, 1.54) is 0 Å². The molecule has 2 heterocycles. The van der Waals surface area contributed by atoms with E-state index in [1.807, 2.05) is 11.8 Å². The van der Waals surface area contributed by atoms with Crippen LogP contribution in [-0.4, -0.2) is 33.7 Å². The van der Waals surface area contributed by atoms with Gasteiger partial charge in [0.25, 0.3) is 5.91 Å². The van der Waals surface area contributed by atoms with E-state index >= 15 is 0 Å². The van der Waals surface area contributed by atoms with Crippen LogP contribution in [0, 0.1) is 0 Å². The highest BCUT2D eigenvalue weighted by Gasteiger charge is 2.23. The first-order valence-corrected chi connectivity index (χ1v) is 5.62. The van der Waals surface area contributed by atoms with E-state index in [4.69, 9.17) is 11.6 Å². The quantitative estimate of drug-likeness (QED) is 0.773. The van der Waals surface area contributed by atoms with Gasteiger partial charge < -0.3 is 4.90 Å². The van der Waals surface area contributed by atoms with Crippen LogP contribution >= 0.6 is 11.6 Å². The van der Waals surface area contributed by atoms with Crippen LogP contribution < -0.4 is 0 Å². The van der Waals surface area contributed by atoms with Gasteiger partial charge in [0.2, 0.25) is 0 Å². The zero-order valence-corrected chi connectivity index (χ0v) is 9.50. The first-order valence-electron chi connectivity index (χ1n) is 5.24. The molecule has 1 aromatic heterocycles. The van der Waals surface area contributed by atoms with Crippen LogP contribution in [0.3, 0.4) is 0 Å². The minimum Gasteiger partial charge on any atom is -0.337 e.